The highest BCUT2D eigenvalue weighted by molar-refractivity contribution is 5.98. The highest BCUT2D eigenvalue weighted by atomic mass is 16.6. The number of ether oxygens (including phenoxy) is 2. The van der Waals surface area contributed by atoms with E-state index in [1.807, 2.05) is 0 Å². The van der Waals surface area contributed by atoms with Crippen LogP contribution in [0, 0.1) is 10.1 Å². The van der Waals surface area contributed by atoms with E-state index in [-0.39, 0.29) is 28.5 Å². The molecule has 0 fully saturated rings. The maximum atomic E-state index is 12.5. The van der Waals surface area contributed by atoms with Gasteiger partial charge in [0.1, 0.15) is 12.1 Å². The highest BCUT2D eigenvalue weighted by Gasteiger charge is 2.25. The predicted octanol–water partition coefficient (Wildman–Crippen LogP) is 2.68. The van der Waals surface area contributed by atoms with Crippen LogP contribution in [0.1, 0.15) is 20.7 Å². The third-order valence-corrected chi connectivity index (χ3v) is 4.24. The molecule has 3 rings (SSSR count). The molecule has 0 aliphatic heterocycles. The smallest absolute Gasteiger partial charge is 0.355 e. The van der Waals surface area contributed by atoms with Crippen LogP contribution < -0.4 is 20.9 Å². The average molecular weight is 438 g/mol. The van der Waals surface area contributed by atoms with Crippen molar-refractivity contribution in [2.45, 2.75) is 0 Å². The number of benzene rings is 2. The number of methoxy groups -OCH3 is 2. The molecule has 0 aliphatic carbocycles. The van der Waals surface area contributed by atoms with E-state index in [4.69, 9.17) is 9.47 Å². The summed E-state index contributed by atoms with van der Waals surface area (Å²) in [5, 5.41) is 14.5. The van der Waals surface area contributed by atoms with Crippen LogP contribution in [-0.4, -0.2) is 41.0 Å². The van der Waals surface area contributed by atoms with Gasteiger partial charge in [-0.3, -0.25) is 25.8 Å². The van der Waals surface area contributed by atoms with Crippen LogP contribution in [0.2, 0.25) is 0 Å². The molecule has 1 heterocycles. The number of hydrazine groups is 1. The van der Waals surface area contributed by atoms with Crippen molar-refractivity contribution in [2.24, 2.45) is 0 Å². The van der Waals surface area contributed by atoms with E-state index in [0.717, 1.165) is 6.33 Å². The standard InChI is InChI=1S/C20H18N6O6/c1-31-15-10-6-4-8-13(15)19(27)25-24-18-16(26(29)30)17(21-11-22-18)23-14-9-5-3-7-12(14)20(28)32-2/h3-11H,1-2H3,(H,25,27)(H2,21,22,23,24). The molecule has 0 aliphatic rings. The molecule has 0 saturated carbocycles. The first-order valence-corrected chi connectivity index (χ1v) is 9.09. The van der Waals surface area contributed by atoms with Crippen LogP contribution in [0.25, 0.3) is 0 Å². The molecule has 12 nitrogen and oxygen atoms in total. The second kappa shape index (κ2) is 9.84. The largest absolute Gasteiger partial charge is 0.496 e. The molecular weight excluding hydrogens is 420 g/mol. The van der Waals surface area contributed by atoms with E-state index in [2.05, 4.69) is 26.1 Å². The molecule has 1 aromatic heterocycles. The lowest BCUT2D eigenvalue weighted by molar-refractivity contribution is -0.383. The number of nitrogens with zero attached hydrogens (tertiary/aromatic N) is 3. The van der Waals surface area contributed by atoms with Crippen LogP contribution in [-0.2, 0) is 4.74 Å². The van der Waals surface area contributed by atoms with Gasteiger partial charge in [-0.25, -0.2) is 14.8 Å². The Hall–Kier alpha value is -4.74. The lowest BCUT2D eigenvalue weighted by Gasteiger charge is -2.13. The van der Waals surface area contributed by atoms with Crippen LogP contribution in [0.15, 0.2) is 54.9 Å². The van der Waals surface area contributed by atoms with Gasteiger partial charge in [0.25, 0.3) is 5.91 Å². The summed E-state index contributed by atoms with van der Waals surface area (Å²) in [6.07, 6.45) is 1.06. The minimum absolute atomic E-state index is 0.155. The number of esters is 1. The molecule has 0 unspecified atom stereocenters. The normalized spacial score (nSPS) is 10.1. The van der Waals surface area contributed by atoms with Crippen molar-refractivity contribution < 1.29 is 24.0 Å². The van der Waals surface area contributed by atoms with Gasteiger partial charge in [0, 0.05) is 0 Å². The van der Waals surface area contributed by atoms with Gasteiger partial charge in [-0.15, -0.1) is 0 Å². The number of amides is 1. The molecule has 3 aromatic rings. The quantitative estimate of drug-likeness (QED) is 0.271. The van der Waals surface area contributed by atoms with Crippen LogP contribution in [0.3, 0.4) is 0 Å². The SMILES string of the molecule is COC(=O)c1ccccc1Nc1ncnc(NNC(=O)c2ccccc2OC)c1[N+](=O)[O-]. The fraction of sp³-hybridized carbons (Fsp3) is 0.100. The van der Waals surface area contributed by atoms with E-state index in [1.54, 1.807) is 30.3 Å². The summed E-state index contributed by atoms with van der Waals surface area (Å²) in [6.45, 7) is 0. The molecule has 1 amide bonds. The first-order valence-electron chi connectivity index (χ1n) is 9.09. The monoisotopic (exact) mass is 438 g/mol. The molecule has 0 atom stereocenters. The van der Waals surface area contributed by atoms with Crippen molar-refractivity contribution in [3.05, 3.63) is 76.1 Å². The maximum absolute atomic E-state index is 12.5. The van der Waals surface area contributed by atoms with Crippen molar-refractivity contribution >= 4 is 34.9 Å². The lowest BCUT2D eigenvalue weighted by atomic mass is 10.2. The zero-order valence-electron chi connectivity index (χ0n) is 17.0. The topological polar surface area (TPSA) is 158 Å². The summed E-state index contributed by atoms with van der Waals surface area (Å²) in [7, 11) is 2.64. The second-order valence-electron chi connectivity index (χ2n) is 6.12. The molecule has 2 aromatic carbocycles. The predicted molar refractivity (Wildman–Crippen MR) is 114 cm³/mol. The number of rotatable bonds is 8. The summed E-state index contributed by atoms with van der Waals surface area (Å²) >= 11 is 0. The number of anilines is 3. The Bertz CT molecular complexity index is 1170. The molecule has 0 saturated heterocycles. The van der Waals surface area contributed by atoms with Gasteiger partial charge in [0.15, 0.2) is 0 Å². The molecule has 3 N–H and O–H groups in total. The highest BCUT2D eigenvalue weighted by Crippen LogP contribution is 2.32. The maximum Gasteiger partial charge on any atom is 0.355 e. The van der Waals surface area contributed by atoms with Crippen LogP contribution >= 0.6 is 0 Å². The molecular formula is C20H18N6O6. The van der Waals surface area contributed by atoms with Gasteiger partial charge in [0.2, 0.25) is 11.6 Å². The second-order valence-corrected chi connectivity index (χ2v) is 6.12. The van der Waals surface area contributed by atoms with E-state index >= 15 is 0 Å². The van der Waals surface area contributed by atoms with Gasteiger partial charge >= 0.3 is 11.7 Å². The fourth-order valence-electron chi connectivity index (χ4n) is 2.76. The number of nitro groups is 1. The summed E-state index contributed by atoms with van der Waals surface area (Å²) < 4.78 is 9.86. The van der Waals surface area contributed by atoms with Crippen LogP contribution in [0.5, 0.6) is 5.75 Å². The van der Waals surface area contributed by atoms with Gasteiger partial charge < -0.3 is 14.8 Å². The minimum atomic E-state index is -0.722. The number of hydrogen-bond acceptors (Lipinski definition) is 10. The molecule has 164 valence electrons. The number of carbonyl (C=O) groups excluding carboxylic acids is 2. The zero-order valence-corrected chi connectivity index (χ0v) is 17.0. The fourth-order valence-corrected chi connectivity index (χ4v) is 2.76. The minimum Gasteiger partial charge on any atom is -0.496 e. The Morgan fingerprint density at radius 1 is 0.969 bits per heavy atom. The summed E-state index contributed by atoms with van der Waals surface area (Å²) in [5.74, 6) is -1.37. The molecule has 0 spiro atoms. The Morgan fingerprint density at radius 2 is 1.62 bits per heavy atom. The van der Waals surface area contributed by atoms with E-state index < -0.39 is 22.5 Å². The molecule has 32 heavy (non-hydrogen) atoms. The average Bonchev–Trinajstić information content (AvgIpc) is 2.82. The zero-order chi connectivity index (χ0) is 23.1. The van der Waals surface area contributed by atoms with Crippen molar-refractivity contribution in [1.82, 2.24) is 15.4 Å². The number of para-hydroxylation sites is 2. The first kappa shape index (κ1) is 22.0. The number of carbonyl (C=O) groups is 2. The molecule has 0 bridgehead atoms. The van der Waals surface area contributed by atoms with Crippen molar-refractivity contribution in [3.8, 4) is 5.75 Å². The van der Waals surface area contributed by atoms with E-state index in [0.29, 0.717) is 5.75 Å². The van der Waals surface area contributed by atoms with Crippen LogP contribution in [0.4, 0.5) is 23.0 Å². The summed E-state index contributed by atoms with van der Waals surface area (Å²) in [4.78, 5) is 43.2. The van der Waals surface area contributed by atoms with Crippen molar-refractivity contribution in [1.29, 1.82) is 0 Å². The van der Waals surface area contributed by atoms with E-state index in [1.165, 1.54) is 32.4 Å². The summed E-state index contributed by atoms with van der Waals surface area (Å²) in [5.41, 5.74) is 4.85. The molecule has 0 radical (unpaired) electrons. The van der Waals surface area contributed by atoms with Gasteiger partial charge in [-0.2, -0.15) is 0 Å². The summed E-state index contributed by atoms with van der Waals surface area (Å²) in [6, 6.07) is 12.8. The van der Waals surface area contributed by atoms with Crippen molar-refractivity contribution in [3.63, 3.8) is 0 Å². The Kier molecular flexibility index (Phi) is 6.75. The number of aromatic nitrogens is 2. The number of nitrogens with one attached hydrogen (secondary N) is 3. The van der Waals surface area contributed by atoms with Gasteiger partial charge in [-0.1, -0.05) is 24.3 Å². The number of hydrogen-bond donors (Lipinski definition) is 3. The van der Waals surface area contributed by atoms with Gasteiger partial charge in [-0.05, 0) is 24.3 Å². The third kappa shape index (κ3) is 4.70. The Morgan fingerprint density at radius 3 is 2.31 bits per heavy atom. The first-order chi connectivity index (χ1) is 15.5. The van der Waals surface area contributed by atoms with Crippen molar-refractivity contribution in [2.75, 3.05) is 25.0 Å². The third-order valence-electron chi connectivity index (χ3n) is 4.24. The van der Waals surface area contributed by atoms with E-state index in [9.17, 15) is 19.7 Å². The molecule has 12 heteroatoms. The Balaban J connectivity index is 1.88. The Labute approximate surface area is 181 Å². The van der Waals surface area contributed by atoms with Gasteiger partial charge in [0.05, 0.1) is 36.0 Å². The lowest BCUT2D eigenvalue weighted by Crippen LogP contribution is -2.30.